The highest BCUT2D eigenvalue weighted by molar-refractivity contribution is 4.74. The van der Waals surface area contributed by atoms with Crippen molar-refractivity contribution in [3.63, 3.8) is 0 Å². The molecular weight excluding hydrogens is 204 g/mol. The zero-order valence-electron chi connectivity index (χ0n) is 10.6. The molecule has 2 N–H and O–H groups in total. The third kappa shape index (κ3) is 5.80. The monoisotopic (exact) mass is 230 g/mol. The first-order valence-electron chi connectivity index (χ1n) is 6.36. The van der Waals surface area contributed by atoms with Gasteiger partial charge in [-0.3, -0.25) is 0 Å². The number of rotatable bonds is 9. The van der Waals surface area contributed by atoms with Gasteiger partial charge in [0.25, 0.3) is 0 Å². The van der Waals surface area contributed by atoms with E-state index in [4.69, 9.17) is 9.47 Å². The maximum absolute atomic E-state index is 5.52. The second-order valence-corrected chi connectivity index (χ2v) is 4.43. The van der Waals surface area contributed by atoms with Crippen LogP contribution in [-0.4, -0.2) is 52.6 Å². The van der Waals surface area contributed by atoms with Gasteiger partial charge in [-0.05, 0) is 38.8 Å². The Morgan fingerprint density at radius 3 is 2.75 bits per heavy atom. The summed E-state index contributed by atoms with van der Waals surface area (Å²) in [5.74, 6) is 0.710. The van der Waals surface area contributed by atoms with Crippen molar-refractivity contribution in [1.29, 1.82) is 0 Å². The first-order chi connectivity index (χ1) is 7.84. The van der Waals surface area contributed by atoms with Crippen molar-refractivity contribution in [3.05, 3.63) is 0 Å². The molecule has 0 radical (unpaired) electrons. The van der Waals surface area contributed by atoms with Crippen LogP contribution in [0, 0.1) is 5.92 Å². The van der Waals surface area contributed by atoms with Gasteiger partial charge in [0.15, 0.2) is 0 Å². The molecule has 0 amide bonds. The number of ether oxygens (including phenoxy) is 2. The number of nitrogens with one attached hydrogen (secondary N) is 2. The van der Waals surface area contributed by atoms with Crippen LogP contribution in [0.4, 0.5) is 0 Å². The van der Waals surface area contributed by atoms with Gasteiger partial charge in [0.2, 0.25) is 0 Å². The lowest BCUT2D eigenvalue weighted by Crippen LogP contribution is -2.29. The van der Waals surface area contributed by atoms with E-state index in [1.807, 2.05) is 0 Å². The Hall–Kier alpha value is -0.160. The van der Waals surface area contributed by atoms with Gasteiger partial charge in [0, 0.05) is 26.8 Å². The van der Waals surface area contributed by atoms with Crippen molar-refractivity contribution in [2.24, 2.45) is 5.92 Å². The Balaban J connectivity index is 1.81. The van der Waals surface area contributed by atoms with Crippen LogP contribution in [0.15, 0.2) is 0 Å². The van der Waals surface area contributed by atoms with Gasteiger partial charge in [-0.2, -0.15) is 0 Å². The van der Waals surface area contributed by atoms with Crippen LogP contribution in [0.25, 0.3) is 0 Å². The molecule has 1 aliphatic heterocycles. The normalized spacial score (nSPS) is 25.1. The SMILES string of the molecule is COCCNCCCNCC1CCOC1C. The second kappa shape index (κ2) is 8.93. The van der Waals surface area contributed by atoms with Crippen LogP contribution < -0.4 is 10.6 Å². The highest BCUT2D eigenvalue weighted by Crippen LogP contribution is 2.18. The van der Waals surface area contributed by atoms with Crippen molar-refractivity contribution >= 4 is 0 Å². The molecule has 1 heterocycles. The molecule has 1 rings (SSSR count). The lowest BCUT2D eigenvalue weighted by Gasteiger charge is -2.14. The molecule has 0 aromatic heterocycles. The molecule has 4 heteroatoms. The van der Waals surface area contributed by atoms with Crippen molar-refractivity contribution < 1.29 is 9.47 Å². The van der Waals surface area contributed by atoms with Gasteiger partial charge >= 0.3 is 0 Å². The molecule has 96 valence electrons. The van der Waals surface area contributed by atoms with Gasteiger partial charge in [-0.15, -0.1) is 0 Å². The molecule has 2 atom stereocenters. The molecular formula is C12H26N2O2. The fourth-order valence-corrected chi connectivity index (χ4v) is 1.97. The van der Waals surface area contributed by atoms with E-state index in [-0.39, 0.29) is 0 Å². The minimum atomic E-state index is 0.437. The van der Waals surface area contributed by atoms with Crippen molar-refractivity contribution in [2.75, 3.05) is 46.5 Å². The minimum absolute atomic E-state index is 0.437. The molecule has 0 aliphatic carbocycles. The molecule has 0 aromatic carbocycles. The Bertz CT molecular complexity index is 167. The maximum Gasteiger partial charge on any atom is 0.0588 e. The van der Waals surface area contributed by atoms with E-state index in [0.717, 1.165) is 39.4 Å². The third-order valence-electron chi connectivity index (χ3n) is 3.13. The summed E-state index contributed by atoms with van der Waals surface area (Å²) in [6.07, 6.45) is 2.82. The zero-order valence-corrected chi connectivity index (χ0v) is 10.6. The van der Waals surface area contributed by atoms with Gasteiger partial charge in [-0.25, -0.2) is 0 Å². The summed E-state index contributed by atoms with van der Waals surface area (Å²) in [6.45, 7) is 8.10. The number of hydrogen-bond donors (Lipinski definition) is 2. The smallest absolute Gasteiger partial charge is 0.0588 e. The van der Waals surface area contributed by atoms with Gasteiger partial charge < -0.3 is 20.1 Å². The average molecular weight is 230 g/mol. The predicted octanol–water partition coefficient (Wildman–Crippen LogP) is 0.627. The second-order valence-electron chi connectivity index (χ2n) is 4.43. The molecule has 0 aromatic rings. The highest BCUT2D eigenvalue weighted by Gasteiger charge is 2.23. The third-order valence-corrected chi connectivity index (χ3v) is 3.13. The predicted molar refractivity (Wildman–Crippen MR) is 65.8 cm³/mol. The summed E-state index contributed by atoms with van der Waals surface area (Å²) in [6, 6.07) is 0. The van der Waals surface area contributed by atoms with Crippen LogP contribution in [0.1, 0.15) is 19.8 Å². The average Bonchev–Trinajstić information content (AvgIpc) is 2.68. The first kappa shape index (κ1) is 13.9. The Kier molecular flexibility index (Phi) is 7.76. The lowest BCUT2D eigenvalue weighted by atomic mass is 10.0. The Morgan fingerprint density at radius 2 is 2.06 bits per heavy atom. The minimum Gasteiger partial charge on any atom is -0.383 e. The van der Waals surface area contributed by atoms with Crippen LogP contribution in [0.2, 0.25) is 0 Å². The fourth-order valence-electron chi connectivity index (χ4n) is 1.97. The molecule has 4 nitrogen and oxygen atoms in total. The number of methoxy groups -OCH3 is 1. The van der Waals surface area contributed by atoms with Crippen LogP contribution in [0.5, 0.6) is 0 Å². The summed E-state index contributed by atoms with van der Waals surface area (Å²) in [5, 5.41) is 6.83. The largest absolute Gasteiger partial charge is 0.383 e. The summed E-state index contributed by atoms with van der Waals surface area (Å²) < 4.78 is 10.5. The molecule has 0 bridgehead atoms. The molecule has 1 saturated heterocycles. The molecule has 1 fully saturated rings. The van der Waals surface area contributed by atoms with E-state index in [0.29, 0.717) is 12.0 Å². The fraction of sp³-hybridized carbons (Fsp3) is 1.00. The summed E-state index contributed by atoms with van der Waals surface area (Å²) in [5.41, 5.74) is 0. The van der Waals surface area contributed by atoms with E-state index in [1.165, 1.54) is 12.8 Å². The standard InChI is InChI=1S/C12H26N2O2/c1-11-12(4-8-16-11)10-14-6-3-5-13-7-9-15-2/h11-14H,3-10H2,1-2H3. The van der Waals surface area contributed by atoms with Crippen molar-refractivity contribution in [2.45, 2.75) is 25.9 Å². The van der Waals surface area contributed by atoms with Crippen molar-refractivity contribution in [3.8, 4) is 0 Å². The van der Waals surface area contributed by atoms with E-state index < -0.39 is 0 Å². The van der Waals surface area contributed by atoms with E-state index in [2.05, 4.69) is 17.6 Å². The van der Waals surface area contributed by atoms with Gasteiger partial charge in [0.1, 0.15) is 0 Å². The van der Waals surface area contributed by atoms with Crippen LogP contribution in [0.3, 0.4) is 0 Å². The maximum atomic E-state index is 5.52. The van der Waals surface area contributed by atoms with Crippen LogP contribution in [-0.2, 0) is 9.47 Å². The van der Waals surface area contributed by atoms with Gasteiger partial charge in [0.05, 0.1) is 12.7 Å². The van der Waals surface area contributed by atoms with Gasteiger partial charge in [-0.1, -0.05) is 0 Å². The highest BCUT2D eigenvalue weighted by atomic mass is 16.5. The molecule has 0 spiro atoms. The van der Waals surface area contributed by atoms with E-state index in [1.54, 1.807) is 7.11 Å². The van der Waals surface area contributed by atoms with Crippen molar-refractivity contribution in [1.82, 2.24) is 10.6 Å². The lowest BCUT2D eigenvalue weighted by molar-refractivity contribution is 0.105. The van der Waals surface area contributed by atoms with E-state index in [9.17, 15) is 0 Å². The van der Waals surface area contributed by atoms with Crippen LogP contribution >= 0.6 is 0 Å². The molecule has 16 heavy (non-hydrogen) atoms. The first-order valence-corrected chi connectivity index (χ1v) is 6.36. The molecule has 2 unspecified atom stereocenters. The van der Waals surface area contributed by atoms with E-state index >= 15 is 0 Å². The topological polar surface area (TPSA) is 42.5 Å². The summed E-state index contributed by atoms with van der Waals surface area (Å²) >= 11 is 0. The summed E-state index contributed by atoms with van der Waals surface area (Å²) in [4.78, 5) is 0. The summed E-state index contributed by atoms with van der Waals surface area (Å²) in [7, 11) is 1.73. The Morgan fingerprint density at radius 1 is 1.25 bits per heavy atom. The Labute approximate surface area is 99.1 Å². The quantitative estimate of drug-likeness (QED) is 0.570. The molecule has 1 aliphatic rings. The number of hydrogen-bond acceptors (Lipinski definition) is 4. The molecule has 0 saturated carbocycles. The zero-order chi connectivity index (χ0) is 11.6.